The summed E-state index contributed by atoms with van der Waals surface area (Å²) in [5.41, 5.74) is 5.64. The van der Waals surface area contributed by atoms with Gasteiger partial charge < -0.3 is 10.6 Å². The van der Waals surface area contributed by atoms with Gasteiger partial charge in [-0.15, -0.1) is 0 Å². The molecule has 0 aromatic rings. The third-order valence-electron chi connectivity index (χ3n) is 4.62. The van der Waals surface area contributed by atoms with Gasteiger partial charge in [0.2, 0.25) is 5.91 Å². The molecule has 0 atom stereocenters. The smallest absolute Gasteiger partial charge is 0.230 e. The van der Waals surface area contributed by atoms with Gasteiger partial charge in [-0.1, -0.05) is 25.7 Å². The van der Waals surface area contributed by atoms with Gasteiger partial charge in [-0.2, -0.15) is 5.26 Å². The van der Waals surface area contributed by atoms with E-state index >= 15 is 0 Å². The fourth-order valence-corrected chi connectivity index (χ4v) is 3.22. The average molecular weight is 263 g/mol. The van der Waals surface area contributed by atoms with Crippen molar-refractivity contribution in [2.75, 3.05) is 13.1 Å². The molecule has 2 aliphatic carbocycles. The van der Waals surface area contributed by atoms with Crippen molar-refractivity contribution in [2.45, 2.75) is 63.8 Å². The van der Waals surface area contributed by atoms with Crippen LogP contribution in [0.15, 0.2) is 0 Å². The molecule has 0 spiro atoms. The van der Waals surface area contributed by atoms with E-state index in [0.717, 1.165) is 38.5 Å². The third-order valence-corrected chi connectivity index (χ3v) is 4.62. The van der Waals surface area contributed by atoms with Gasteiger partial charge in [-0.05, 0) is 25.7 Å². The van der Waals surface area contributed by atoms with Crippen LogP contribution in [0, 0.1) is 16.7 Å². The lowest BCUT2D eigenvalue weighted by molar-refractivity contribution is -0.143. The quantitative estimate of drug-likeness (QED) is 0.773. The first kappa shape index (κ1) is 14.3. The molecule has 4 nitrogen and oxygen atoms in total. The van der Waals surface area contributed by atoms with Crippen molar-refractivity contribution in [1.29, 1.82) is 5.26 Å². The second-order valence-electron chi connectivity index (χ2n) is 6.04. The molecule has 0 aromatic heterocycles. The Hall–Kier alpha value is -1.08. The first-order chi connectivity index (χ1) is 9.23. The highest BCUT2D eigenvalue weighted by Crippen LogP contribution is 2.39. The Morgan fingerprint density at radius 1 is 1.26 bits per heavy atom. The summed E-state index contributed by atoms with van der Waals surface area (Å²) in [4.78, 5) is 14.9. The number of carbonyl (C=O) groups excluding carboxylic acids is 1. The van der Waals surface area contributed by atoms with Crippen LogP contribution in [0.1, 0.15) is 57.8 Å². The van der Waals surface area contributed by atoms with E-state index in [1.165, 1.54) is 12.8 Å². The second kappa shape index (κ2) is 6.38. The van der Waals surface area contributed by atoms with Crippen LogP contribution < -0.4 is 5.73 Å². The molecule has 19 heavy (non-hydrogen) atoms. The minimum Gasteiger partial charge on any atom is -0.338 e. The zero-order valence-corrected chi connectivity index (χ0v) is 11.7. The maximum Gasteiger partial charge on any atom is 0.230 e. The van der Waals surface area contributed by atoms with Crippen LogP contribution in [0.2, 0.25) is 0 Å². The van der Waals surface area contributed by atoms with Crippen molar-refractivity contribution in [3.63, 3.8) is 0 Å². The van der Waals surface area contributed by atoms with E-state index in [0.29, 0.717) is 25.6 Å². The van der Waals surface area contributed by atoms with Gasteiger partial charge >= 0.3 is 0 Å². The molecule has 1 amide bonds. The minimum absolute atomic E-state index is 0.231. The molecular weight excluding hydrogens is 238 g/mol. The van der Waals surface area contributed by atoms with E-state index in [1.54, 1.807) is 0 Å². The third kappa shape index (κ3) is 3.27. The van der Waals surface area contributed by atoms with Crippen LogP contribution in [0.5, 0.6) is 0 Å². The molecule has 0 aliphatic heterocycles. The standard InChI is InChI=1S/C15H25N3O/c16-10-5-11-18(13-6-7-13)14(19)15(12-17)8-3-1-2-4-9-15/h13H,1-9,11-12,17H2. The van der Waals surface area contributed by atoms with E-state index in [-0.39, 0.29) is 11.3 Å². The molecule has 0 aromatic carbocycles. The lowest BCUT2D eigenvalue weighted by Crippen LogP contribution is -2.49. The molecule has 0 saturated heterocycles. The monoisotopic (exact) mass is 263 g/mol. The number of nitrogens with zero attached hydrogens (tertiary/aromatic N) is 2. The van der Waals surface area contributed by atoms with Gasteiger partial charge in [0.05, 0.1) is 17.9 Å². The molecule has 0 bridgehead atoms. The summed E-state index contributed by atoms with van der Waals surface area (Å²) in [6.45, 7) is 1.04. The molecule has 106 valence electrons. The molecule has 0 heterocycles. The molecular formula is C15H25N3O. The predicted octanol–water partition coefficient (Wildman–Crippen LogP) is 2.19. The van der Waals surface area contributed by atoms with Crippen LogP contribution in [0.4, 0.5) is 0 Å². The maximum absolute atomic E-state index is 12.9. The fourth-order valence-electron chi connectivity index (χ4n) is 3.22. The summed E-state index contributed by atoms with van der Waals surface area (Å²) in [5, 5.41) is 8.76. The molecule has 0 unspecified atom stereocenters. The Bertz CT molecular complexity index is 349. The van der Waals surface area contributed by atoms with Crippen LogP contribution >= 0.6 is 0 Å². The number of hydrogen-bond donors (Lipinski definition) is 1. The first-order valence-corrected chi connectivity index (χ1v) is 7.61. The van der Waals surface area contributed by atoms with Crippen LogP contribution in [0.3, 0.4) is 0 Å². The van der Waals surface area contributed by atoms with Gasteiger partial charge in [0.15, 0.2) is 0 Å². The summed E-state index contributed by atoms with van der Waals surface area (Å²) in [7, 11) is 0. The molecule has 2 saturated carbocycles. The highest BCUT2D eigenvalue weighted by molar-refractivity contribution is 5.83. The number of nitriles is 1. The molecule has 4 heteroatoms. The first-order valence-electron chi connectivity index (χ1n) is 7.61. The van der Waals surface area contributed by atoms with Crippen LogP contribution in [-0.4, -0.2) is 29.9 Å². The van der Waals surface area contributed by atoms with E-state index in [4.69, 9.17) is 11.0 Å². The van der Waals surface area contributed by atoms with Gasteiger partial charge in [-0.3, -0.25) is 4.79 Å². The van der Waals surface area contributed by atoms with Crippen molar-refractivity contribution >= 4 is 5.91 Å². The summed E-state index contributed by atoms with van der Waals surface area (Å²) >= 11 is 0. The van der Waals surface area contributed by atoms with Crippen molar-refractivity contribution in [1.82, 2.24) is 4.90 Å². The highest BCUT2D eigenvalue weighted by atomic mass is 16.2. The summed E-state index contributed by atoms with van der Waals surface area (Å²) in [5.74, 6) is 0.231. The highest BCUT2D eigenvalue weighted by Gasteiger charge is 2.44. The van der Waals surface area contributed by atoms with Gasteiger partial charge in [0, 0.05) is 19.1 Å². The zero-order valence-electron chi connectivity index (χ0n) is 11.7. The number of hydrogen-bond acceptors (Lipinski definition) is 3. The zero-order chi connectivity index (χ0) is 13.7. The Morgan fingerprint density at radius 3 is 2.37 bits per heavy atom. The number of rotatable bonds is 5. The van der Waals surface area contributed by atoms with E-state index in [9.17, 15) is 4.79 Å². The summed E-state index contributed by atoms with van der Waals surface area (Å²) in [6, 6.07) is 2.54. The van der Waals surface area contributed by atoms with Crippen molar-refractivity contribution in [3.05, 3.63) is 0 Å². The Labute approximate surface area is 115 Å². The molecule has 2 rings (SSSR count). The van der Waals surface area contributed by atoms with Gasteiger partial charge in [0.25, 0.3) is 0 Å². The SMILES string of the molecule is N#CCCN(C(=O)C1(CN)CCCCCC1)C1CC1. The molecule has 0 radical (unpaired) electrons. The molecule has 2 aliphatic rings. The lowest BCUT2D eigenvalue weighted by atomic mass is 9.79. The van der Waals surface area contributed by atoms with Crippen LogP contribution in [0.25, 0.3) is 0 Å². The average Bonchev–Trinajstić information content (AvgIpc) is 3.26. The van der Waals surface area contributed by atoms with Crippen LogP contribution in [-0.2, 0) is 4.79 Å². The Balaban J connectivity index is 2.10. The normalized spacial score (nSPS) is 22.3. The van der Waals surface area contributed by atoms with Gasteiger partial charge in [0.1, 0.15) is 0 Å². The van der Waals surface area contributed by atoms with Crippen molar-refractivity contribution in [2.24, 2.45) is 11.1 Å². The van der Waals surface area contributed by atoms with Crippen molar-refractivity contribution < 1.29 is 4.79 Å². The second-order valence-corrected chi connectivity index (χ2v) is 6.04. The summed E-state index contributed by atoms with van der Waals surface area (Å²) < 4.78 is 0. The van der Waals surface area contributed by atoms with E-state index in [2.05, 4.69) is 6.07 Å². The largest absolute Gasteiger partial charge is 0.338 e. The number of nitrogens with two attached hydrogens (primary N) is 1. The number of amides is 1. The molecule has 2 fully saturated rings. The Morgan fingerprint density at radius 2 is 1.89 bits per heavy atom. The maximum atomic E-state index is 12.9. The van der Waals surface area contributed by atoms with Crippen molar-refractivity contribution in [3.8, 4) is 6.07 Å². The van der Waals surface area contributed by atoms with Gasteiger partial charge in [-0.25, -0.2) is 0 Å². The fraction of sp³-hybridized carbons (Fsp3) is 0.867. The summed E-state index contributed by atoms with van der Waals surface area (Å²) in [6.07, 6.45) is 9.14. The minimum atomic E-state index is -0.339. The lowest BCUT2D eigenvalue weighted by Gasteiger charge is -2.36. The molecule has 2 N–H and O–H groups in total. The van der Waals surface area contributed by atoms with E-state index < -0.39 is 0 Å². The van der Waals surface area contributed by atoms with E-state index in [1.807, 2.05) is 4.90 Å². The Kier molecular flexibility index (Phi) is 4.81. The topological polar surface area (TPSA) is 70.1 Å². The number of carbonyl (C=O) groups is 1. The predicted molar refractivity (Wildman–Crippen MR) is 74.2 cm³/mol.